The lowest BCUT2D eigenvalue weighted by molar-refractivity contribution is 0.463. The largest absolute Gasteiger partial charge is 0.508 e. The quantitative estimate of drug-likeness (QED) is 0.249. The summed E-state index contributed by atoms with van der Waals surface area (Å²) in [7, 11) is 0. The lowest BCUT2D eigenvalue weighted by atomic mass is 9.90. The van der Waals surface area contributed by atoms with Crippen molar-refractivity contribution in [3.8, 4) is 5.75 Å². The molecule has 0 unspecified atom stereocenters. The normalized spacial score (nSPS) is 11.2. The number of rotatable bonds is 18. The first kappa shape index (κ1) is 25.1. The lowest BCUT2D eigenvalue weighted by Crippen LogP contribution is -2.02. The molecule has 1 rings (SSSR count). The predicted molar refractivity (Wildman–Crippen MR) is 125 cm³/mol. The Balaban J connectivity index is 2.53. The SMILES string of the molecule is CCCCCCCCCCc1c(O)ccc(CCC)c1CCCCCCCC. The van der Waals surface area contributed by atoms with Gasteiger partial charge in [0.15, 0.2) is 0 Å². The molecule has 0 fully saturated rings. The number of aryl methyl sites for hydroxylation is 1. The third-order valence-corrected chi connectivity index (χ3v) is 6.08. The van der Waals surface area contributed by atoms with Crippen molar-refractivity contribution in [2.24, 2.45) is 0 Å². The summed E-state index contributed by atoms with van der Waals surface area (Å²) >= 11 is 0. The van der Waals surface area contributed by atoms with Gasteiger partial charge in [0, 0.05) is 0 Å². The van der Waals surface area contributed by atoms with Crippen molar-refractivity contribution in [1.29, 1.82) is 0 Å². The van der Waals surface area contributed by atoms with Gasteiger partial charge in [-0.2, -0.15) is 0 Å². The Labute approximate surface area is 176 Å². The van der Waals surface area contributed by atoms with Crippen LogP contribution in [0.15, 0.2) is 12.1 Å². The monoisotopic (exact) mass is 388 g/mol. The van der Waals surface area contributed by atoms with Crippen LogP contribution >= 0.6 is 0 Å². The Morgan fingerprint density at radius 2 is 0.964 bits per heavy atom. The predicted octanol–water partition coefficient (Wildman–Crippen LogP) is 8.93. The first-order valence-electron chi connectivity index (χ1n) is 12.6. The maximum atomic E-state index is 10.6. The van der Waals surface area contributed by atoms with Gasteiger partial charge in [-0.25, -0.2) is 0 Å². The van der Waals surface area contributed by atoms with Crippen LogP contribution < -0.4 is 0 Å². The Kier molecular flexibility index (Phi) is 15.1. The second-order valence-corrected chi connectivity index (χ2v) is 8.69. The van der Waals surface area contributed by atoms with Crippen LogP contribution in [0, 0.1) is 0 Å². The van der Waals surface area contributed by atoms with Crippen molar-refractivity contribution in [2.75, 3.05) is 0 Å². The summed E-state index contributed by atoms with van der Waals surface area (Å²) in [6, 6.07) is 4.14. The molecule has 0 atom stereocenters. The molecule has 0 aromatic heterocycles. The van der Waals surface area contributed by atoms with E-state index >= 15 is 0 Å². The molecule has 0 spiro atoms. The summed E-state index contributed by atoms with van der Waals surface area (Å²) in [6.07, 6.45) is 23.4. The maximum Gasteiger partial charge on any atom is 0.119 e. The molecule has 0 saturated carbocycles. The zero-order valence-corrected chi connectivity index (χ0v) is 19.3. The first-order valence-corrected chi connectivity index (χ1v) is 12.6. The molecule has 1 heteroatoms. The fourth-order valence-corrected chi connectivity index (χ4v) is 4.34. The van der Waals surface area contributed by atoms with Crippen LogP contribution in [0.25, 0.3) is 0 Å². The number of phenols is 1. The molecule has 1 N–H and O–H groups in total. The molecule has 1 aromatic rings. The van der Waals surface area contributed by atoms with Crippen molar-refractivity contribution in [3.63, 3.8) is 0 Å². The van der Waals surface area contributed by atoms with Crippen LogP contribution in [-0.2, 0) is 19.3 Å². The van der Waals surface area contributed by atoms with Gasteiger partial charge in [-0.15, -0.1) is 0 Å². The van der Waals surface area contributed by atoms with Crippen LogP contribution in [0.1, 0.15) is 134 Å². The number of benzene rings is 1. The zero-order valence-electron chi connectivity index (χ0n) is 19.3. The highest BCUT2D eigenvalue weighted by molar-refractivity contribution is 5.45. The molecule has 28 heavy (non-hydrogen) atoms. The molecule has 0 heterocycles. The number of hydrogen-bond acceptors (Lipinski definition) is 1. The van der Waals surface area contributed by atoms with E-state index in [9.17, 15) is 5.11 Å². The van der Waals surface area contributed by atoms with Crippen molar-refractivity contribution in [3.05, 3.63) is 28.8 Å². The van der Waals surface area contributed by atoms with Gasteiger partial charge < -0.3 is 5.11 Å². The van der Waals surface area contributed by atoms with Gasteiger partial charge in [-0.05, 0) is 54.9 Å². The number of phenolic OH excluding ortho intramolecular Hbond substituents is 1. The number of aromatic hydroxyl groups is 1. The lowest BCUT2D eigenvalue weighted by Gasteiger charge is -2.17. The van der Waals surface area contributed by atoms with E-state index < -0.39 is 0 Å². The molecule has 0 bridgehead atoms. The van der Waals surface area contributed by atoms with E-state index in [0.717, 1.165) is 19.3 Å². The van der Waals surface area contributed by atoms with E-state index in [-0.39, 0.29) is 0 Å². The second kappa shape index (κ2) is 16.9. The highest BCUT2D eigenvalue weighted by atomic mass is 16.3. The third-order valence-electron chi connectivity index (χ3n) is 6.08. The van der Waals surface area contributed by atoms with Gasteiger partial charge in [0.25, 0.3) is 0 Å². The van der Waals surface area contributed by atoms with Crippen LogP contribution in [0.2, 0.25) is 0 Å². The van der Waals surface area contributed by atoms with E-state index in [1.807, 2.05) is 6.07 Å². The van der Waals surface area contributed by atoms with Gasteiger partial charge in [0.05, 0.1) is 0 Å². The fourth-order valence-electron chi connectivity index (χ4n) is 4.34. The first-order chi connectivity index (χ1) is 13.7. The summed E-state index contributed by atoms with van der Waals surface area (Å²) in [5.74, 6) is 0.545. The van der Waals surface area contributed by atoms with Gasteiger partial charge in [-0.3, -0.25) is 0 Å². The number of hydrogen-bond donors (Lipinski definition) is 1. The molecule has 0 amide bonds. The second-order valence-electron chi connectivity index (χ2n) is 8.69. The standard InChI is InChI=1S/C27H48O/c1-4-7-9-11-13-14-16-18-21-26-25(20-17-15-12-10-8-5-2)24(19-6-3)22-23-27(26)28/h22-23,28H,4-21H2,1-3H3. The summed E-state index contributed by atoms with van der Waals surface area (Å²) < 4.78 is 0. The number of unbranched alkanes of at least 4 members (excludes halogenated alkanes) is 12. The van der Waals surface area contributed by atoms with Crippen LogP contribution in [0.5, 0.6) is 5.75 Å². The van der Waals surface area contributed by atoms with E-state index in [0.29, 0.717) is 5.75 Å². The molecular formula is C27H48O. The van der Waals surface area contributed by atoms with Crippen molar-refractivity contribution < 1.29 is 5.11 Å². The minimum atomic E-state index is 0.545. The molecular weight excluding hydrogens is 340 g/mol. The highest BCUT2D eigenvalue weighted by Crippen LogP contribution is 2.29. The average molecular weight is 389 g/mol. The van der Waals surface area contributed by atoms with Crippen LogP contribution in [0.4, 0.5) is 0 Å². The molecule has 0 saturated heterocycles. The summed E-state index contributed by atoms with van der Waals surface area (Å²) in [5, 5.41) is 10.6. The van der Waals surface area contributed by atoms with E-state index in [4.69, 9.17) is 0 Å². The summed E-state index contributed by atoms with van der Waals surface area (Å²) in [6.45, 7) is 6.82. The molecule has 0 aliphatic carbocycles. The van der Waals surface area contributed by atoms with Gasteiger partial charge >= 0.3 is 0 Å². The molecule has 0 aliphatic heterocycles. The van der Waals surface area contributed by atoms with E-state index in [2.05, 4.69) is 26.8 Å². The fraction of sp³-hybridized carbons (Fsp3) is 0.778. The maximum absolute atomic E-state index is 10.6. The smallest absolute Gasteiger partial charge is 0.119 e. The van der Waals surface area contributed by atoms with E-state index in [1.165, 1.54) is 113 Å². The van der Waals surface area contributed by atoms with Crippen LogP contribution in [-0.4, -0.2) is 5.11 Å². The van der Waals surface area contributed by atoms with Crippen LogP contribution in [0.3, 0.4) is 0 Å². The molecule has 0 aliphatic rings. The molecule has 0 radical (unpaired) electrons. The minimum Gasteiger partial charge on any atom is -0.508 e. The topological polar surface area (TPSA) is 20.2 Å². The summed E-state index contributed by atoms with van der Waals surface area (Å²) in [4.78, 5) is 0. The van der Waals surface area contributed by atoms with Crippen molar-refractivity contribution in [1.82, 2.24) is 0 Å². The Morgan fingerprint density at radius 1 is 0.500 bits per heavy atom. The zero-order chi connectivity index (χ0) is 20.5. The molecule has 162 valence electrons. The van der Waals surface area contributed by atoms with Gasteiger partial charge in [0.2, 0.25) is 0 Å². The van der Waals surface area contributed by atoms with E-state index in [1.54, 1.807) is 0 Å². The average Bonchev–Trinajstić information content (AvgIpc) is 2.70. The van der Waals surface area contributed by atoms with Crippen molar-refractivity contribution in [2.45, 2.75) is 136 Å². The molecule has 1 nitrogen and oxygen atoms in total. The summed E-state index contributed by atoms with van der Waals surface area (Å²) in [5.41, 5.74) is 4.24. The van der Waals surface area contributed by atoms with Crippen molar-refractivity contribution >= 4 is 0 Å². The molecule has 1 aromatic carbocycles. The van der Waals surface area contributed by atoms with Gasteiger partial charge in [-0.1, -0.05) is 110 Å². The Morgan fingerprint density at radius 3 is 1.46 bits per heavy atom. The Hall–Kier alpha value is -0.980. The Bertz CT molecular complexity index is 491. The minimum absolute atomic E-state index is 0.545. The highest BCUT2D eigenvalue weighted by Gasteiger charge is 2.12. The third kappa shape index (κ3) is 10.5. The van der Waals surface area contributed by atoms with Gasteiger partial charge in [0.1, 0.15) is 5.75 Å².